The van der Waals surface area contributed by atoms with Gasteiger partial charge in [-0.3, -0.25) is 4.79 Å². The molecule has 0 saturated carbocycles. The minimum Gasteiger partial charge on any atom is -0.395 e. The number of aliphatic hydroxyl groups excluding tert-OH is 1. The molecule has 0 radical (unpaired) electrons. The Morgan fingerprint density at radius 2 is 2.24 bits per heavy atom. The van der Waals surface area contributed by atoms with Crippen LogP contribution in [0.25, 0.3) is 0 Å². The highest BCUT2D eigenvalue weighted by Gasteiger charge is 2.37. The monoisotopic (exact) mass is 242 g/mol. The van der Waals surface area contributed by atoms with Crippen molar-refractivity contribution in [2.24, 2.45) is 5.41 Å². The van der Waals surface area contributed by atoms with Gasteiger partial charge in [0.05, 0.1) is 12.0 Å². The highest BCUT2D eigenvalue weighted by atomic mass is 16.3. The van der Waals surface area contributed by atoms with Crippen molar-refractivity contribution in [3.63, 3.8) is 0 Å². The van der Waals surface area contributed by atoms with Gasteiger partial charge in [0, 0.05) is 19.6 Å². The highest BCUT2D eigenvalue weighted by Crippen LogP contribution is 2.28. The fourth-order valence-corrected chi connectivity index (χ4v) is 2.41. The van der Waals surface area contributed by atoms with Crippen LogP contribution in [-0.4, -0.2) is 48.7 Å². The number of nitrogens with one attached hydrogen (secondary N) is 1. The molecule has 1 atom stereocenters. The fraction of sp³-hybridized carbons (Fsp3) is 0.923. The van der Waals surface area contributed by atoms with Crippen LogP contribution in [0.3, 0.4) is 0 Å². The summed E-state index contributed by atoms with van der Waals surface area (Å²) in [7, 11) is 0. The number of hydrogen-bond acceptors (Lipinski definition) is 3. The maximum atomic E-state index is 12.5. The maximum Gasteiger partial charge on any atom is 0.229 e. The Morgan fingerprint density at radius 3 is 2.76 bits per heavy atom. The van der Waals surface area contributed by atoms with Crippen molar-refractivity contribution >= 4 is 5.91 Å². The van der Waals surface area contributed by atoms with Crippen molar-refractivity contribution in [2.45, 2.75) is 39.5 Å². The van der Waals surface area contributed by atoms with E-state index in [1.54, 1.807) is 0 Å². The van der Waals surface area contributed by atoms with E-state index in [0.717, 1.165) is 45.3 Å². The number of amides is 1. The third-order valence-corrected chi connectivity index (χ3v) is 3.55. The second-order valence-electron chi connectivity index (χ2n) is 5.21. The van der Waals surface area contributed by atoms with Gasteiger partial charge in [-0.05, 0) is 32.7 Å². The summed E-state index contributed by atoms with van der Waals surface area (Å²) in [4.78, 5) is 14.3. The molecule has 1 saturated heterocycles. The van der Waals surface area contributed by atoms with Gasteiger partial charge in [0.15, 0.2) is 0 Å². The van der Waals surface area contributed by atoms with Gasteiger partial charge in [-0.2, -0.15) is 0 Å². The minimum absolute atomic E-state index is 0.0545. The van der Waals surface area contributed by atoms with E-state index in [0.29, 0.717) is 6.54 Å². The Kier molecular flexibility index (Phi) is 5.92. The fourth-order valence-electron chi connectivity index (χ4n) is 2.41. The van der Waals surface area contributed by atoms with E-state index in [2.05, 4.69) is 12.2 Å². The van der Waals surface area contributed by atoms with Crippen LogP contribution in [0.2, 0.25) is 0 Å². The van der Waals surface area contributed by atoms with Crippen LogP contribution in [0, 0.1) is 5.41 Å². The average Bonchev–Trinajstić information content (AvgIpc) is 2.34. The Morgan fingerprint density at radius 1 is 1.47 bits per heavy atom. The van der Waals surface area contributed by atoms with Crippen LogP contribution in [-0.2, 0) is 4.79 Å². The molecule has 0 aromatic rings. The lowest BCUT2D eigenvalue weighted by Crippen LogP contribution is -2.51. The standard InChI is InChI=1S/C13H26N2O2/c1-3-4-8-15(9-10-16)12(17)13(2)6-5-7-14-11-13/h14,16H,3-11H2,1-2H3. The third kappa shape index (κ3) is 3.96. The number of unbranched alkanes of at least 4 members (excludes halogenated alkanes) is 1. The van der Waals surface area contributed by atoms with Crippen molar-refractivity contribution in [1.82, 2.24) is 10.2 Å². The Balaban J connectivity index is 2.61. The molecule has 1 fully saturated rings. The van der Waals surface area contributed by atoms with Crippen molar-refractivity contribution < 1.29 is 9.90 Å². The largest absolute Gasteiger partial charge is 0.395 e. The van der Waals surface area contributed by atoms with E-state index in [-0.39, 0.29) is 17.9 Å². The molecule has 1 rings (SSSR count). The zero-order valence-electron chi connectivity index (χ0n) is 11.2. The third-order valence-electron chi connectivity index (χ3n) is 3.55. The number of rotatable bonds is 6. The van der Waals surface area contributed by atoms with Gasteiger partial charge in [-0.15, -0.1) is 0 Å². The molecule has 1 amide bonds. The van der Waals surface area contributed by atoms with Gasteiger partial charge in [0.2, 0.25) is 5.91 Å². The summed E-state index contributed by atoms with van der Waals surface area (Å²) in [6.45, 7) is 7.22. The van der Waals surface area contributed by atoms with Crippen LogP contribution in [0.1, 0.15) is 39.5 Å². The van der Waals surface area contributed by atoms with Crippen LogP contribution in [0.4, 0.5) is 0 Å². The first-order valence-electron chi connectivity index (χ1n) is 6.75. The SMILES string of the molecule is CCCCN(CCO)C(=O)C1(C)CCCNC1. The number of hydrogen-bond donors (Lipinski definition) is 2. The smallest absolute Gasteiger partial charge is 0.229 e. The van der Waals surface area contributed by atoms with E-state index in [1.165, 1.54) is 0 Å². The number of piperidine rings is 1. The van der Waals surface area contributed by atoms with E-state index in [9.17, 15) is 4.79 Å². The molecule has 1 heterocycles. The van der Waals surface area contributed by atoms with Crippen molar-refractivity contribution in [3.05, 3.63) is 0 Å². The maximum absolute atomic E-state index is 12.5. The molecule has 2 N–H and O–H groups in total. The van der Waals surface area contributed by atoms with Crippen LogP contribution >= 0.6 is 0 Å². The van der Waals surface area contributed by atoms with Crippen molar-refractivity contribution in [2.75, 3.05) is 32.8 Å². The van der Waals surface area contributed by atoms with E-state index >= 15 is 0 Å². The number of nitrogens with zero attached hydrogens (tertiary/aromatic N) is 1. The molecule has 0 aromatic heterocycles. The molecule has 1 aliphatic heterocycles. The Hall–Kier alpha value is -0.610. The molecule has 4 heteroatoms. The Bertz CT molecular complexity index is 238. The van der Waals surface area contributed by atoms with Gasteiger partial charge in [-0.1, -0.05) is 13.3 Å². The lowest BCUT2D eigenvalue weighted by atomic mass is 9.81. The van der Waals surface area contributed by atoms with Gasteiger partial charge in [-0.25, -0.2) is 0 Å². The van der Waals surface area contributed by atoms with Crippen LogP contribution in [0.15, 0.2) is 0 Å². The minimum atomic E-state index is -0.277. The van der Waals surface area contributed by atoms with Crippen molar-refractivity contribution in [3.8, 4) is 0 Å². The molecule has 100 valence electrons. The Labute approximate surface area is 104 Å². The lowest BCUT2D eigenvalue weighted by Gasteiger charge is -2.37. The normalized spacial score (nSPS) is 24.6. The van der Waals surface area contributed by atoms with Crippen LogP contribution in [0.5, 0.6) is 0 Å². The molecule has 0 aromatic carbocycles. The number of carbonyl (C=O) groups excluding carboxylic acids is 1. The lowest BCUT2D eigenvalue weighted by molar-refractivity contribution is -0.142. The van der Waals surface area contributed by atoms with Crippen molar-refractivity contribution in [1.29, 1.82) is 0 Å². The summed E-state index contributed by atoms with van der Waals surface area (Å²) in [5.74, 6) is 0.201. The molecular weight excluding hydrogens is 216 g/mol. The molecule has 1 aliphatic rings. The first-order chi connectivity index (χ1) is 8.14. The van der Waals surface area contributed by atoms with E-state index in [1.807, 2.05) is 11.8 Å². The molecule has 0 aliphatic carbocycles. The summed E-state index contributed by atoms with van der Waals surface area (Å²) >= 11 is 0. The predicted octanol–water partition coefficient (Wildman–Crippen LogP) is 0.997. The van der Waals surface area contributed by atoms with Gasteiger partial charge in [0.25, 0.3) is 0 Å². The average molecular weight is 242 g/mol. The predicted molar refractivity (Wildman–Crippen MR) is 68.8 cm³/mol. The second-order valence-corrected chi connectivity index (χ2v) is 5.21. The number of carbonyl (C=O) groups is 1. The number of aliphatic hydroxyl groups is 1. The zero-order valence-corrected chi connectivity index (χ0v) is 11.2. The first kappa shape index (κ1) is 14.5. The molecular formula is C13H26N2O2. The topological polar surface area (TPSA) is 52.6 Å². The van der Waals surface area contributed by atoms with E-state index in [4.69, 9.17) is 5.11 Å². The summed E-state index contributed by atoms with van der Waals surface area (Å²) in [6, 6.07) is 0. The summed E-state index contributed by atoms with van der Waals surface area (Å²) in [5.41, 5.74) is -0.277. The second kappa shape index (κ2) is 6.97. The quantitative estimate of drug-likeness (QED) is 0.730. The molecule has 4 nitrogen and oxygen atoms in total. The van der Waals surface area contributed by atoms with Gasteiger partial charge in [0.1, 0.15) is 0 Å². The summed E-state index contributed by atoms with van der Waals surface area (Å²) < 4.78 is 0. The highest BCUT2D eigenvalue weighted by molar-refractivity contribution is 5.82. The van der Waals surface area contributed by atoms with Crippen LogP contribution < -0.4 is 5.32 Å². The van der Waals surface area contributed by atoms with E-state index < -0.39 is 0 Å². The molecule has 0 bridgehead atoms. The molecule has 1 unspecified atom stereocenters. The van der Waals surface area contributed by atoms with Gasteiger partial charge < -0.3 is 15.3 Å². The van der Waals surface area contributed by atoms with Gasteiger partial charge >= 0.3 is 0 Å². The zero-order chi connectivity index (χ0) is 12.7. The molecule has 17 heavy (non-hydrogen) atoms. The summed E-state index contributed by atoms with van der Waals surface area (Å²) in [6.07, 6.45) is 4.09. The molecule has 0 spiro atoms. The summed E-state index contributed by atoms with van der Waals surface area (Å²) in [5, 5.41) is 12.4. The first-order valence-corrected chi connectivity index (χ1v) is 6.75.